The first-order chi connectivity index (χ1) is 6.27. The molecule has 1 saturated heterocycles. The number of hydrogen-bond acceptors (Lipinski definition) is 2. The van der Waals surface area contributed by atoms with Crippen LogP contribution in [0.15, 0.2) is 12.3 Å². The molecule has 4 heteroatoms. The summed E-state index contributed by atoms with van der Waals surface area (Å²) >= 11 is 5.86. The van der Waals surface area contributed by atoms with Crippen LogP contribution in [-0.4, -0.2) is 11.5 Å². The molecule has 1 aromatic rings. The van der Waals surface area contributed by atoms with Gasteiger partial charge in [-0.05, 0) is 25.5 Å². The van der Waals surface area contributed by atoms with Gasteiger partial charge in [0.05, 0.1) is 6.20 Å². The van der Waals surface area contributed by atoms with Crippen LogP contribution in [0, 0.1) is 5.82 Å². The molecule has 0 saturated carbocycles. The van der Waals surface area contributed by atoms with Crippen LogP contribution in [0.3, 0.4) is 0 Å². The van der Waals surface area contributed by atoms with Gasteiger partial charge in [0.25, 0.3) is 0 Å². The highest BCUT2D eigenvalue weighted by Crippen LogP contribution is 2.27. The second kappa shape index (κ2) is 3.60. The number of nitrogens with one attached hydrogen (secondary N) is 1. The Bertz CT molecular complexity index is 310. The van der Waals surface area contributed by atoms with Gasteiger partial charge in [0, 0.05) is 11.6 Å². The largest absolute Gasteiger partial charge is 0.310 e. The van der Waals surface area contributed by atoms with Gasteiger partial charge in [0.2, 0.25) is 0 Å². The lowest BCUT2D eigenvalue weighted by molar-refractivity contribution is 0.599. The molecular weight excluding hydrogens is 191 g/mol. The number of hydrogen-bond donors (Lipinski definition) is 1. The first-order valence-electron chi connectivity index (χ1n) is 4.31. The SMILES string of the molecule is Fc1cnc(Cl)c([C@H]2CCCN2)c1. The number of aromatic nitrogens is 1. The third-order valence-electron chi connectivity index (χ3n) is 2.27. The van der Waals surface area contributed by atoms with Gasteiger partial charge in [-0.3, -0.25) is 0 Å². The molecule has 2 nitrogen and oxygen atoms in total. The highest BCUT2D eigenvalue weighted by Gasteiger charge is 2.19. The second-order valence-electron chi connectivity index (χ2n) is 3.18. The van der Waals surface area contributed by atoms with E-state index in [0.717, 1.165) is 31.1 Å². The molecule has 70 valence electrons. The highest BCUT2D eigenvalue weighted by molar-refractivity contribution is 6.30. The van der Waals surface area contributed by atoms with Crippen molar-refractivity contribution in [2.24, 2.45) is 0 Å². The van der Waals surface area contributed by atoms with Crippen molar-refractivity contribution in [3.05, 3.63) is 28.8 Å². The molecule has 0 aromatic carbocycles. The Hall–Kier alpha value is -0.670. The molecule has 1 aliphatic rings. The molecular formula is C9H10ClFN2. The third kappa shape index (κ3) is 1.81. The Kier molecular flexibility index (Phi) is 2.47. The van der Waals surface area contributed by atoms with E-state index in [0.29, 0.717) is 5.15 Å². The van der Waals surface area contributed by atoms with Crippen molar-refractivity contribution in [3.8, 4) is 0 Å². The molecule has 1 N–H and O–H groups in total. The Labute approximate surface area is 81.1 Å². The normalized spacial score (nSPS) is 22.2. The molecule has 2 rings (SSSR count). The van der Waals surface area contributed by atoms with E-state index in [1.54, 1.807) is 0 Å². The van der Waals surface area contributed by atoms with E-state index in [-0.39, 0.29) is 11.9 Å². The van der Waals surface area contributed by atoms with Gasteiger partial charge in [-0.25, -0.2) is 9.37 Å². The number of nitrogens with zero attached hydrogens (tertiary/aromatic N) is 1. The molecule has 0 bridgehead atoms. The molecule has 1 aromatic heterocycles. The van der Waals surface area contributed by atoms with E-state index >= 15 is 0 Å². The molecule has 1 atom stereocenters. The minimum absolute atomic E-state index is 0.177. The summed E-state index contributed by atoms with van der Waals surface area (Å²) in [5.41, 5.74) is 0.777. The highest BCUT2D eigenvalue weighted by atomic mass is 35.5. The molecule has 0 aliphatic carbocycles. The summed E-state index contributed by atoms with van der Waals surface area (Å²) in [5.74, 6) is -0.326. The zero-order valence-electron chi connectivity index (χ0n) is 7.06. The maximum absolute atomic E-state index is 12.9. The lowest BCUT2D eigenvalue weighted by Crippen LogP contribution is -2.13. The van der Waals surface area contributed by atoms with Gasteiger partial charge in [-0.2, -0.15) is 0 Å². The second-order valence-corrected chi connectivity index (χ2v) is 3.54. The number of halogens is 2. The van der Waals surface area contributed by atoms with Gasteiger partial charge in [-0.1, -0.05) is 11.6 Å². The number of pyridine rings is 1. The molecule has 0 radical (unpaired) electrons. The van der Waals surface area contributed by atoms with Crippen molar-refractivity contribution in [3.63, 3.8) is 0 Å². The first kappa shape index (κ1) is 8.91. The van der Waals surface area contributed by atoms with Crippen LogP contribution in [0.4, 0.5) is 4.39 Å². The topological polar surface area (TPSA) is 24.9 Å². The Morgan fingerprint density at radius 2 is 2.46 bits per heavy atom. The predicted octanol–water partition coefficient (Wildman–Crippen LogP) is 2.30. The standard InChI is InChI=1S/C9H10ClFN2/c10-9-7(4-6(11)5-13-9)8-2-1-3-12-8/h4-5,8,12H,1-3H2/t8-/m1/s1. The van der Waals surface area contributed by atoms with Crippen LogP contribution in [0.1, 0.15) is 24.4 Å². The van der Waals surface area contributed by atoms with E-state index in [4.69, 9.17) is 11.6 Å². The Morgan fingerprint density at radius 1 is 1.62 bits per heavy atom. The zero-order chi connectivity index (χ0) is 9.26. The monoisotopic (exact) mass is 200 g/mol. The van der Waals surface area contributed by atoms with Crippen LogP contribution < -0.4 is 5.32 Å². The van der Waals surface area contributed by atoms with Gasteiger partial charge < -0.3 is 5.32 Å². The van der Waals surface area contributed by atoms with E-state index in [9.17, 15) is 4.39 Å². The van der Waals surface area contributed by atoms with Gasteiger partial charge in [-0.15, -0.1) is 0 Å². The summed E-state index contributed by atoms with van der Waals surface area (Å²) in [6.45, 7) is 0.970. The van der Waals surface area contributed by atoms with E-state index in [1.807, 2.05) is 0 Å². The van der Waals surface area contributed by atoms with Crippen LogP contribution in [-0.2, 0) is 0 Å². The lowest BCUT2D eigenvalue weighted by atomic mass is 10.1. The fourth-order valence-electron chi connectivity index (χ4n) is 1.63. The Morgan fingerprint density at radius 3 is 3.15 bits per heavy atom. The fraction of sp³-hybridized carbons (Fsp3) is 0.444. The van der Waals surface area contributed by atoms with Crippen LogP contribution in [0.25, 0.3) is 0 Å². The number of rotatable bonds is 1. The summed E-state index contributed by atoms with van der Waals surface area (Å²) in [6.07, 6.45) is 3.25. The fourth-order valence-corrected chi connectivity index (χ4v) is 1.87. The zero-order valence-corrected chi connectivity index (χ0v) is 7.81. The summed E-state index contributed by atoms with van der Waals surface area (Å²) in [6, 6.07) is 1.63. The molecule has 0 spiro atoms. The molecule has 2 heterocycles. The molecule has 0 unspecified atom stereocenters. The Balaban J connectivity index is 2.32. The van der Waals surface area contributed by atoms with Gasteiger partial charge >= 0.3 is 0 Å². The van der Waals surface area contributed by atoms with Crippen molar-refractivity contribution < 1.29 is 4.39 Å². The third-order valence-corrected chi connectivity index (χ3v) is 2.58. The molecule has 1 fully saturated rings. The molecule has 13 heavy (non-hydrogen) atoms. The first-order valence-corrected chi connectivity index (χ1v) is 4.69. The van der Waals surface area contributed by atoms with E-state index in [2.05, 4.69) is 10.3 Å². The van der Waals surface area contributed by atoms with Crippen LogP contribution >= 0.6 is 11.6 Å². The maximum Gasteiger partial charge on any atom is 0.141 e. The molecule has 0 amide bonds. The quantitative estimate of drug-likeness (QED) is 0.704. The van der Waals surface area contributed by atoms with Gasteiger partial charge in [0.1, 0.15) is 11.0 Å². The van der Waals surface area contributed by atoms with Crippen LogP contribution in [0.2, 0.25) is 5.15 Å². The maximum atomic E-state index is 12.9. The van der Waals surface area contributed by atoms with Crippen LogP contribution in [0.5, 0.6) is 0 Å². The summed E-state index contributed by atoms with van der Waals surface area (Å²) in [7, 11) is 0. The van der Waals surface area contributed by atoms with E-state index in [1.165, 1.54) is 6.07 Å². The van der Waals surface area contributed by atoms with Crippen molar-refractivity contribution in [1.82, 2.24) is 10.3 Å². The summed E-state index contributed by atoms with van der Waals surface area (Å²) in [4.78, 5) is 3.77. The van der Waals surface area contributed by atoms with Crippen molar-refractivity contribution in [2.75, 3.05) is 6.54 Å². The summed E-state index contributed by atoms with van der Waals surface area (Å²) in [5, 5.41) is 3.65. The minimum Gasteiger partial charge on any atom is -0.310 e. The minimum atomic E-state index is -0.326. The predicted molar refractivity (Wildman–Crippen MR) is 49.2 cm³/mol. The van der Waals surface area contributed by atoms with Crippen molar-refractivity contribution in [1.29, 1.82) is 0 Å². The lowest BCUT2D eigenvalue weighted by Gasteiger charge is -2.11. The van der Waals surface area contributed by atoms with Crippen molar-refractivity contribution >= 4 is 11.6 Å². The van der Waals surface area contributed by atoms with E-state index < -0.39 is 0 Å². The molecule has 1 aliphatic heterocycles. The average molecular weight is 201 g/mol. The van der Waals surface area contributed by atoms with Gasteiger partial charge in [0.15, 0.2) is 0 Å². The van der Waals surface area contributed by atoms with Crippen molar-refractivity contribution in [2.45, 2.75) is 18.9 Å². The smallest absolute Gasteiger partial charge is 0.141 e. The summed E-state index contributed by atoms with van der Waals surface area (Å²) < 4.78 is 12.9. The average Bonchev–Trinajstić information content (AvgIpc) is 2.61.